The predicted octanol–water partition coefficient (Wildman–Crippen LogP) is -2.83. The van der Waals surface area contributed by atoms with Crippen LogP contribution < -0.4 is 10.2 Å². The second-order valence-electron chi connectivity index (χ2n) is 2.25. The maximum absolute atomic E-state index is 9.90. The molecule has 0 unspecified atom stereocenters. The van der Waals surface area contributed by atoms with Gasteiger partial charge in [0.2, 0.25) is 0 Å². The van der Waals surface area contributed by atoms with Gasteiger partial charge in [0.1, 0.15) is 22.0 Å². The quantitative estimate of drug-likeness (QED) is 0.415. The van der Waals surface area contributed by atoms with Gasteiger partial charge in [0.15, 0.2) is 0 Å². The van der Waals surface area contributed by atoms with E-state index in [0.717, 1.165) is 22.7 Å². The molecule has 11 heteroatoms. The van der Waals surface area contributed by atoms with Crippen molar-refractivity contribution in [1.29, 1.82) is 0 Å². The van der Waals surface area contributed by atoms with Crippen LogP contribution in [0.5, 0.6) is 0 Å². The topological polar surface area (TPSA) is 172 Å². The molecule has 0 spiro atoms. The molecule has 2 rings (SSSR count). The summed E-state index contributed by atoms with van der Waals surface area (Å²) >= 11 is 2.12. The van der Waals surface area contributed by atoms with Gasteiger partial charge in [-0.3, -0.25) is 0 Å². The van der Waals surface area contributed by atoms with Gasteiger partial charge in [0.05, 0.1) is 0 Å². The van der Waals surface area contributed by atoms with Crippen molar-refractivity contribution in [3.05, 3.63) is 33.2 Å². The minimum atomic E-state index is -1.21. The largest absolute Gasteiger partial charge is 2.00 e. The van der Waals surface area contributed by atoms with E-state index in [2.05, 4.69) is 9.97 Å². The van der Waals surface area contributed by atoms with Gasteiger partial charge in [-0.15, -0.1) is 22.7 Å². The Morgan fingerprint density at radius 1 is 0.895 bits per heavy atom. The SMILES string of the molecule is O=C([O-])c1nccs1.O=C([O-])c1nccs1.[Ni+2].[OH3+].[OH3+]. The third-order valence-electron chi connectivity index (χ3n) is 1.21. The Balaban J connectivity index is -0.000000233. The van der Waals surface area contributed by atoms with Crippen LogP contribution in [0.25, 0.3) is 0 Å². The van der Waals surface area contributed by atoms with Gasteiger partial charge in [0.25, 0.3) is 0 Å². The molecule has 0 radical (unpaired) electrons. The molecule has 0 aromatic carbocycles. The van der Waals surface area contributed by atoms with Crippen molar-refractivity contribution in [2.45, 2.75) is 0 Å². The Kier molecular flexibility index (Phi) is 14.0. The Morgan fingerprint density at radius 3 is 1.32 bits per heavy atom. The van der Waals surface area contributed by atoms with E-state index >= 15 is 0 Å². The van der Waals surface area contributed by atoms with Gasteiger partial charge in [-0.1, -0.05) is 0 Å². The number of nitrogens with zero attached hydrogens (tertiary/aromatic N) is 2. The molecule has 0 bridgehead atoms. The first kappa shape index (κ1) is 22.8. The molecule has 0 atom stereocenters. The van der Waals surface area contributed by atoms with Gasteiger partial charge in [0, 0.05) is 23.2 Å². The summed E-state index contributed by atoms with van der Waals surface area (Å²) in [4.78, 5) is 26.7. The number of carboxylic acid groups (broad SMARTS) is 2. The monoisotopic (exact) mass is 352 g/mol. The Labute approximate surface area is 125 Å². The number of carbonyl (C=O) groups is 2. The molecule has 108 valence electrons. The summed E-state index contributed by atoms with van der Waals surface area (Å²) < 4.78 is 0. The first-order valence-electron chi connectivity index (χ1n) is 3.83. The number of thiazole rings is 2. The van der Waals surface area contributed by atoms with Crippen LogP contribution in [-0.2, 0) is 27.4 Å². The molecular weight excluding hydrogens is 343 g/mol. The van der Waals surface area contributed by atoms with Crippen molar-refractivity contribution in [3.63, 3.8) is 0 Å². The van der Waals surface area contributed by atoms with E-state index in [1.54, 1.807) is 10.8 Å². The van der Waals surface area contributed by atoms with Crippen LogP contribution in [0.3, 0.4) is 0 Å². The summed E-state index contributed by atoms with van der Waals surface area (Å²) in [5, 5.41) is 23.0. The number of aromatic nitrogens is 2. The molecule has 2 aromatic heterocycles. The summed E-state index contributed by atoms with van der Waals surface area (Å²) in [5.41, 5.74) is 0. The minimum Gasteiger partial charge on any atom is -0.542 e. The zero-order valence-corrected chi connectivity index (χ0v) is 11.7. The molecule has 0 saturated heterocycles. The molecule has 8 nitrogen and oxygen atoms in total. The van der Waals surface area contributed by atoms with E-state index < -0.39 is 11.9 Å². The molecule has 0 aliphatic heterocycles. The Hall–Kier alpha value is -1.39. The first-order valence-corrected chi connectivity index (χ1v) is 5.59. The molecule has 6 N–H and O–H groups in total. The Morgan fingerprint density at radius 2 is 1.21 bits per heavy atom. The van der Waals surface area contributed by atoms with Crippen LogP contribution in [0.1, 0.15) is 19.6 Å². The average Bonchev–Trinajstić information content (AvgIpc) is 2.93. The van der Waals surface area contributed by atoms with Crippen LogP contribution in [0, 0.1) is 0 Å². The van der Waals surface area contributed by atoms with Gasteiger partial charge < -0.3 is 30.8 Å². The van der Waals surface area contributed by atoms with Crippen LogP contribution in [-0.4, -0.2) is 21.9 Å². The summed E-state index contributed by atoms with van der Waals surface area (Å²) in [6.07, 6.45) is 2.85. The zero-order chi connectivity index (χ0) is 12.0. The molecule has 19 heavy (non-hydrogen) atoms. The van der Waals surface area contributed by atoms with Crippen molar-refractivity contribution >= 4 is 34.6 Å². The zero-order valence-electron chi connectivity index (χ0n) is 9.12. The summed E-state index contributed by atoms with van der Waals surface area (Å²) in [7, 11) is 0. The first-order chi connectivity index (χ1) is 7.61. The molecule has 0 amide bonds. The van der Waals surface area contributed by atoms with Crippen LogP contribution in [0.2, 0.25) is 0 Å². The van der Waals surface area contributed by atoms with E-state index in [0.29, 0.717) is 0 Å². The van der Waals surface area contributed by atoms with Gasteiger partial charge in [-0.05, 0) is 0 Å². The van der Waals surface area contributed by atoms with Crippen LogP contribution >= 0.6 is 22.7 Å². The fraction of sp³-hybridized carbons (Fsp3) is 0. The van der Waals surface area contributed by atoms with E-state index in [1.807, 2.05) is 0 Å². The molecule has 0 fully saturated rings. The summed E-state index contributed by atoms with van der Waals surface area (Å²) in [5.74, 6) is -2.42. The van der Waals surface area contributed by atoms with Crippen molar-refractivity contribution < 1.29 is 47.2 Å². The predicted molar refractivity (Wildman–Crippen MR) is 62.6 cm³/mol. The number of rotatable bonds is 2. The van der Waals surface area contributed by atoms with E-state index in [-0.39, 0.29) is 37.5 Å². The smallest absolute Gasteiger partial charge is 0.542 e. The van der Waals surface area contributed by atoms with Crippen molar-refractivity contribution in [2.24, 2.45) is 0 Å². The van der Waals surface area contributed by atoms with Crippen molar-refractivity contribution in [2.75, 3.05) is 0 Å². The van der Waals surface area contributed by atoms with Crippen molar-refractivity contribution in [3.8, 4) is 0 Å². The van der Waals surface area contributed by atoms with E-state index in [9.17, 15) is 19.8 Å². The third-order valence-corrected chi connectivity index (χ3v) is 2.72. The minimum absolute atomic E-state index is 0. The standard InChI is InChI=1S/2C4H3NO2S.Ni.2H2O/c2*6-4(7)3-5-1-2-8-3;;;/h2*1-2H,(H,6,7);;2*1H2/q;;+2;;. The number of aromatic carboxylic acids is 2. The maximum atomic E-state index is 9.90. The summed E-state index contributed by atoms with van der Waals surface area (Å²) in [6.45, 7) is 0. The molecule has 0 aliphatic carbocycles. The molecule has 2 heterocycles. The number of carbonyl (C=O) groups excluding carboxylic acids is 2. The fourth-order valence-electron chi connectivity index (χ4n) is 0.649. The number of carboxylic acids is 2. The number of hydrogen-bond donors (Lipinski definition) is 0. The third kappa shape index (κ3) is 8.35. The van der Waals surface area contributed by atoms with Crippen molar-refractivity contribution in [1.82, 2.24) is 9.97 Å². The average molecular weight is 353 g/mol. The normalized spacial score (nSPS) is 7.58. The van der Waals surface area contributed by atoms with E-state index in [4.69, 9.17) is 0 Å². The van der Waals surface area contributed by atoms with Crippen LogP contribution in [0.15, 0.2) is 23.2 Å². The molecule has 0 saturated carbocycles. The maximum Gasteiger partial charge on any atom is 2.00 e. The fourth-order valence-corrected chi connectivity index (χ4v) is 1.59. The number of hydrogen-bond acceptors (Lipinski definition) is 8. The Bertz CT molecular complexity index is 417. The second kappa shape index (κ2) is 11.7. The molecular formula is C8H10N2NiO6S2+2. The molecule has 0 aliphatic rings. The summed E-state index contributed by atoms with van der Waals surface area (Å²) in [6, 6.07) is 0. The second-order valence-corrected chi connectivity index (χ2v) is 4.04. The van der Waals surface area contributed by atoms with E-state index in [1.165, 1.54) is 12.4 Å². The van der Waals surface area contributed by atoms with Crippen LogP contribution in [0.4, 0.5) is 0 Å². The van der Waals surface area contributed by atoms with Gasteiger partial charge in [-0.2, -0.15) is 0 Å². The van der Waals surface area contributed by atoms with Gasteiger partial charge in [-0.25, -0.2) is 9.97 Å². The van der Waals surface area contributed by atoms with Gasteiger partial charge >= 0.3 is 16.5 Å². The molecule has 2 aromatic rings.